The summed E-state index contributed by atoms with van der Waals surface area (Å²) in [5.74, 6) is -1.10. The van der Waals surface area contributed by atoms with Crippen LogP contribution in [0.1, 0.15) is 30.5 Å². The van der Waals surface area contributed by atoms with Gasteiger partial charge in [-0.1, -0.05) is 39.7 Å². The molecule has 1 heterocycles. The van der Waals surface area contributed by atoms with Crippen molar-refractivity contribution in [3.63, 3.8) is 0 Å². The van der Waals surface area contributed by atoms with Gasteiger partial charge in [0.1, 0.15) is 11.5 Å². The summed E-state index contributed by atoms with van der Waals surface area (Å²) in [5.41, 5.74) is 1.14. The van der Waals surface area contributed by atoms with Crippen molar-refractivity contribution < 1.29 is 19.4 Å². The van der Waals surface area contributed by atoms with Gasteiger partial charge in [-0.05, 0) is 69.9 Å². The lowest BCUT2D eigenvalue weighted by Gasteiger charge is -2.26. The SMILES string of the molecule is CCOc1ccc(C(O)=C2C(=O)C(=O)N(CCCN(C)C)[C@@H]2c2cccc(Br)c2)cc1Cl. The summed E-state index contributed by atoms with van der Waals surface area (Å²) < 4.78 is 6.27. The molecule has 3 rings (SSSR count). The standard InChI is InChI=1S/C24H26BrClN2O4/c1-4-32-19-10-9-16(14-18(19)26)22(29)20-21(15-7-5-8-17(25)13-15)28(24(31)23(20)30)12-6-11-27(2)3/h5,7-10,13-14,21,29H,4,6,11-12H2,1-3H3/t21-/m1/s1. The molecule has 2 aromatic rings. The summed E-state index contributed by atoms with van der Waals surface area (Å²) >= 11 is 9.75. The molecule has 8 heteroatoms. The minimum absolute atomic E-state index is 0.0539. The number of amides is 1. The van der Waals surface area contributed by atoms with Gasteiger partial charge in [0, 0.05) is 16.6 Å². The lowest BCUT2D eigenvalue weighted by atomic mass is 9.95. The molecule has 1 fully saturated rings. The smallest absolute Gasteiger partial charge is 0.295 e. The van der Waals surface area contributed by atoms with Crippen LogP contribution in [0, 0.1) is 0 Å². The lowest BCUT2D eigenvalue weighted by Crippen LogP contribution is -2.32. The number of ketones is 1. The van der Waals surface area contributed by atoms with Crippen LogP contribution in [0.3, 0.4) is 0 Å². The summed E-state index contributed by atoms with van der Waals surface area (Å²) in [6.45, 7) is 3.45. The Morgan fingerprint density at radius 2 is 1.97 bits per heavy atom. The van der Waals surface area contributed by atoms with E-state index in [-0.39, 0.29) is 11.3 Å². The maximum absolute atomic E-state index is 13.1. The molecule has 1 atom stereocenters. The van der Waals surface area contributed by atoms with Crippen LogP contribution in [-0.4, -0.2) is 60.4 Å². The fraction of sp³-hybridized carbons (Fsp3) is 0.333. The number of ether oxygens (including phenoxy) is 1. The molecule has 1 saturated heterocycles. The molecule has 2 aromatic carbocycles. The number of carbonyl (C=O) groups is 2. The zero-order valence-corrected chi connectivity index (χ0v) is 20.6. The van der Waals surface area contributed by atoms with Gasteiger partial charge in [0.25, 0.3) is 11.7 Å². The monoisotopic (exact) mass is 520 g/mol. The second kappa shape index (κ2) is 10.5. The molecule has 0 bridgehead atoms. The van der Waals surface area contributed by atoms with Crippen molar-refractivity contribution >= 4 is 45.0 Å². The van der Waals surface area contributed by atoms with Gasteiger partial charge in [-0.3, -0.25) is 9.59 Å². The van der Waals surface area contributed by atoms with E-state index in [0.29, 0.717) is 35.9 Å². The van der Waals surface area contributed by atoms with Crippen molar-refractivity contribution in [1.82, 2.24) is 9.80 Å². The molecular weight excluding hydrogens is 496 g/mol. The third-order valence-corrected chi connectivity index (χ3v) is 6.00. The molecule has 0 aromatic heterocycles. The Labute approximate surface area is 201 Å². The fourth-order valence-corrected chi connectivity index (χ4v) is 4.42. The second-order valence-electron chi connectivity index (χ2n) is 7.78. The minimum Gasteiger partial charge on any atom is -0.507 e. The van der Waals surface area contributed by atoms with Crippen molar-refractivity contribution in [3.05, 3.63) is 68.7 Å². The molecule has 6 nitrogen and oxygen atoms in total. The van der Waals surface area contributed by atoms with E-state index in [1.54, 1.807) is 18.2 Å². The molecule has 1 aliphatic heterocycles. The van der Waals surface area contributed by atoms with Crippen LogP contribution in [0.4, 0.5) is 0 Å². The predicted molar refractivity (Wildman–Crippen MR) is 129 cm³/mol. The van der Waals surface area contributed by atoms with Crippen LogP contribution >= 0.6 is 27.5 Å². The Morgan fingerprint density at radius 1 is 1.22 bits per heavy atom. The molecule has 0 unspecified atom stereocenters. The molecule has 0 spiro atoms. The van der Waals surface area contributed by atoms with E-state index < -0.39 is 17.7 Å². The molecular formula is C24H26BrClN2O4. The summed E-state index contributed by atoms with van der Waals surface area (Å²) in [7, 11) is 3.91. The van der Waals surface area contributed by atoms with Gasteiger partial charge < -0.3 is 19.6 Å². The highest BCUT2D eigenvalue weighted by Crippen LogP contribution is 2.40. The summed E-state index contributed by atoms with van der Waals surface area (Å²) in [6, 6.07) is 11.5. The van der Waals surface area contributed by atoms with Gasteiger partial charge in [0.2, 0.25) is 0 Å². The molecule has 1 N–H and O–H groups in total. The highest BCUT2D eigenvalue weighted by Gasteiger charge is 2.45. The van der Waals surface area contributed by atoms with Gasteiger partial charge in [-0.2, -0.15) is 0 Å². The van der Waals surface area contributed by atoms with E-state index in [2.05, 4.69) is 15.9 Å². The van der Waals surface area contributed by atoms with Gasteiger partial charge in [-0.15, -0.1) is 0 Å². The van der Waals surface area contributed by atoms with Crippen LogP contribution in [0.15, 0.2) is 52.5 Å². The Balaban J connectivity index is 2.09. The highest BCUT2D eigenvalue weighted by molar-refractivity contribution is 9.10. The van der Waals surface area contributed by atoms with Crippen molar-refractivity contribution in [2.24, 2.45) is 0 Å². The summed E-state index contributed by atoms with van der Waals surface area (Å²) in [5, 5.41) is 11.5. The maximum atomic E-state index is 13.1. The van der Waals surface area contributed by atoms with E-state index in [1.165, 1.54) is 4.90 Å². The molecule has 0 radical (unpaired) electrons. The number of hydrogen-bond donors (Lipinski definition) is 1. The largest absolute Gasteiger partial charge is 0.507 e. The molecule has 1 aliphatic rings. The number of nitrogens with zero attached hydrogens (tertiary/aromatic N) is 2. The third kappa shape index (κ3) is 5.17. The number of aliphatic hydroxyl groups is 1. The topological polar surface area (TPSA) is 70.1 Å². The van der Waals surface area contributed by atoms with Crippen LogP contribution in [0.2, 0.25) is 5.02 Å². The van der Waals surface area contributed by atoms with Crippen molar-refractivity contribution in [2.75, 3.05) is 33.8 Å². The molecule has 0 aliphatic carbocycles. The first-order chi connectivity index (χ1) is 15.2. The van der Waals surface area contributed by atoms with Crippen LogP contribution in [0.25, 0.3) is 5.76 Å². The normalized spacial score (nSPS) is 17.9. The van der Waals surface area contributed by atoms with Gasteiger partial charge in [0.05, 0.1) is 23.2 Å². The molecule has 1 amide bonds. The number of halogens is 2. The number of benzene rings is 2. The minimum atomic E-state index is -0.706. The van der Waals surface area contributed by atoms with Crippen LogP contribution in [-0.2, 0) is 9.59 Å². The Morgan fingerprint density at radius 3 is 2.59 bits per heavy atom. The van der Waals surface area contributed by atoms with E-state index in [1.807, 2.05) is 50.2 Å². The highest BCUT2D eigenvalue weighted by atomic mass is 79.9. The van der Waals surface area contributed by atoms with Crippen LogP contribution in [0.5, 0.6) is 5.75 Å². The van der Waals surface area contributed by atoms with Crippen molar-refractivity contribution in [3.8, 4) is 5.75 Å². The number of hydrogen-bond acceptors (Lipinski definition) is 5. The zero-order chi connectivity index (χ0) is 23.4. The number of likely N-dealkylation sites (tertiary alicyclic amines) is 1. The van der Waals surface area contributed by atoms with E-state index in [0.717, 1.165) is 16.6 Å². The maximum Gasteiger partial charge on any atom is 0.295 e. The first-order valence-corrected chi connectivity index (χ1v) is 11.5. The molecule has 170 valence electrons. The predicted octanol–water partition coefficient (Wildman–Crippen LogP) is 4.87. The first-order valence-electron chi connectivity index (χ1n) is 10.4. The molecule has 0 saturated carbocycles. The number of rotatable bonds is 8. The quantitative estimate of drug-likeness (QED) is 0.305. The van der Waals surface area contributed by atoms with E-state index in [9.17, 15) is 14.7 Å². The van der Waals surface area contributed by atoms with Gasteiger partial charge in [0.15, 0.2) is 0 Å². The van der Waals surface area contributed by atoms with E-state index in [4.69, 9.17) is 16.3 Å². The van der Waals surface area contributed by atoms with Crippen LogP contribution < -0.4 is 4.74 Å². The second-order valence-corrected chi connectivity index (χ2v) is 9.11. The van der Waals surface area contributed by atoms with Crippen molar-refractivity contribution in [1.29, 1.82) is 0 Å². The summed E-state index contributed by atoms with van der Waals surface area (Å²) in [6.07, 6.45) is 0.694. The number of Topliss-reactive ketones (excluding diaryl/α,β-unsaturated/α-hetero) is 1. The van der Waals surface area contributed by atoms with Gasteiger partial charge >= 0.3 is 0 Å². The van der Waals surface area contributed by atoms with E-state index >= 15 is 0 Å². The van der Waals surface area contributed by atoms with Gasteiger partial charge in [-0.25, -0.2) is 0 Å². The lowest BCUT2D eigenvalue weighted by molar-refractivity contribution is -0.139. The Bertz CT molecular complexity index is 1050. The third-order valence-electron chi connectivity index (χ3n) is 5.21. The fourth-order valence-electron chi connectivity index (χ4n) is 3.77. The summed E-state index contributed by atoms with van der Waals surface area (Å²) in [4.78, 5) is 29.6. The Kier molecular flexibility index (Phi) is 7.98. The average molecular weight is 522 g/mol. The zero-order valence-electron chi connectivity index (χ0n) is 18.3. The first kappa shape index (κ1) is 24.3. The Hall–Kier alpha value is -2.35. The molecule has 32 heavy (non-hydrogen) atoms. The number of aliphatic hydroxyl groups excluding tert-OH is 1. The van der Waals surface area contributed by atoms with Crippen molar-refractivity contribution in [2.45, 2.75) is 19.4 Å². The number of carbonyl (C=O) groups excluding carboxylic acids is 2. The average Bonchev–Trinajstić information content (AvgIpc) is 2.99.